The highest BCUT2D eigenvalue weighted by Crippen LogP contribution is 2.23. The SMILES string of the molecule is Cc1ncc(CN2CCN(c3cccc(OCc4ccc(F)cc4)c3)CC2)o1. The maximum Gasteiger partial charge on any atom is 0.191 e. The Hall–Kier alpha value is -2.86. The summed E-state index contributed by atoms with van der Waals surface area (Å²) in [6.45, 7) is 6.94. The number of aryl methyl sites for hydroxylation is 1. The fraction of sp³-hybridized carbons (Fsp3) is 0.318. The van der Waals surface area contributed by atoms with E-state index in [4.69, 9.17) is 9.15 Å². The van der Waals surface area contributed by atoms with Crippen LogP contribution in [0.25, 0.3) is 0 Å². The fourth-order valence-corrected chi connectivity index (χ4v) is 3.38. The summed E-state index contributed by atoms with van der Waals surface area (Å²) in [6.07, 6.45) is 1.81. The van der Waals surface area contributed by atoms with Crippen LogP contribution in [0.1, 0.15) is 17.2 Å². The molecule has 0 amide bonds. The predicted octanol–water partition coefficient (Wildman–Crippen LogP) is 4.02. The Morgan fingerprint density at radius 1 is 1.07 bits per heavy atom. The van der Waals surface area contributed by atoms with Crippen molar-refractivity contribution in [1.29, 1.82) is 0 Å². The first-order valence-corrected chi connectivity index (χ1v) is 9.52. The van der Waals surface area contributed by atoms with Gasteiger partial charge in [-0.15, -0.1) is 0 Å². The minimum atomic E-state index is -0.233. The molecule has 0 bridgehead atoms. The first-order valence-electron chi connectivity index (χ1n) is 9.52. The molecule has 0 spiro atoms. The van der Waals surface area contributed by atoms with Gasteiger partial charge < -0.3 is 14.1 Å². The summed E-state index contributed by atoms with van der Waals surface area (Å²) in [5.74, 6) is 2.22. The molecule has 2 heterocycles. The van der Waals surface area contributed by atoms with Crippen molar-refractivity contribution in [3.8, 4) is 5.75 Å². The molecule has 1 aliphatic heterocycles. The molecule has 1 aromatic heterocycles. The molecule has 28 heavy (non-hydrogen) atoms. The number of halogens is 1. The molecule has 0 N–H and O–H groups in total. The Balaban J connectivity index is 1.31. The van der Waals surface area contributed by atoms with Gasteiger partial charge >= 0.3 is 0 Å². The van der Waals surface area contributed by atoms with Gasteiger partial charge in [0.2, 0.25) is 0 Å². The zero-order chi connectivity index (χ0) is 19.3. The number of oxazole rings is 1. The maximum atomic E-state index is 13.0. The predicted molar refractivity (Wildman–Crippen MR) is 106 cm³/mol. The van der Waals surface area contributed by atoms with Crippen molar-refractivity contribution >= 4 is 5.69 Å². The van der Waals surface area contributed by atoms with E-state index in [1.54, 1.807) is 12.1 Å². The molecule has 4 rings (SSSR count). The fourth-order valence-electron chi connectivity index (χ4n) is 3.38. The van der Waals surface area contributed by atoms with E-state index in [2.05, 4.69) is 26.9 Å². The third-order valence-electron chi connectivity index (χ3n) is 4.92. The summed E-state index contributed by atoms with van der Waals surface area (Å²) in [7, 11) is 0. The van der Waals surface area contributed by atoms with Gasteiger partial charge in [0.1, 0.15) is 23.9 Å². The van der Waals surface area contributed by atoms with E-state index >= 15 is 0 Å². The van der Waals surface area contributed by atoms with Gasteiger partial charge in [-0.25, -0.2) is 9.37 Å². The second-order valence-electron chi connectivity index (χ2n) is 7.02. The second kappa shape index (κ2) is 8.44. The number of piperazine rings is 1. The summed E-state index contributed by atoms with van der Waals surface area (Å²) >= 11 is 0. The van der Waals surface area contributed by atoms with Crippen molar-refractivity contribution in [2.75, 3.05) is 31.1 Å². The van der Waals surface area contributed by atoms with Gasteiger partial charge in [-0.2, -0.15) is 0 Å². The number of rotatable bonds is 6. The highest BCUT2D eigenvalue weighted by atomic mass is 19.1. The van der Waals surface area contributed by atoms with Crippen molar-refractivity contribution in [2.24, 2.45) is 0 Å². The van der Waals surface area contributed by atoms with E-state index in [0.717, 1.165) is 55.5 Å². The van der Waals surface area contributed by atoms with Crippen LogP contribution in [-0.4, -0.2) is 36.1 Å². The normalized spacial score (nSPS) is 15.0. The molecule has 0 radical (unpaired) electrons. The van der Waals surface area contributed by atoms with Crippen LogP contribution >= 0.6 is 0 Å². The van der Waals surface area contributed by atoms with E-state index in [0.29, 0.717) is 12.5 Å². The molecule has 1 saturated heterocycles. The average molecular weight is 381 g/mol. The van der Waals surface area contributed by atoms with Gasteiger partial charge in [-0.05, 0) is 29.8 Å². The van der Waals surface area contributed by atoms with Gasteiger partial charge in [-0.3, -0.25) is 4.90 Å². The molecular weight excluding hydrogens is 357 g/mol. The minimum absolute atomic E-state index is 0.233. The lowest BCUT2D eigenvalue weighted by Gasteiger charge is -2.35. The third-order valence-corrected chi connectivity index (χ3v) is 4.92. The number of aromatic nitrogens is 1. The van der Waals surface area contributed by atoms with Gasteiger partial charge in [-0.1, -0.05) is 18.2 Å². The number of ether oxygens (including phenoxy) is 1. The lowest BCUT2D eigenvalue weighted by molar-refractivity contribution is 0.229. The second-order valence-corrected chi connectivity index (χ2v) is 7.02. The molecule has 0 atom stereocenters. The molecular formula is C22H24FN3O2. The van der Waals surface area contributed by atoms with Crippen molar-refractivity contribution in [3.05, 3.63) is 77.8 Å². The Morgan fingerprint density at radius 3 is 2.57 bits per heavy atom. The number of hydrogen-bond acceptors (Lipinski definition) is 5. The summed E-state index contributed by atoms with van der Waals surface area (Å²) in [4.78, 5) is 8.91. The maximum absolute atomic E-state index is 13.0. The Bertz CT molecular complexity index is 902. The summed E-state index contributed by atoms with van der Waals surface area (Å²) < 4.78 is 24.5. The molecule has 5 nitrogen and oxygen atoms in total. The molecule has 0 saturated carbocycles. The number of nitrogens with zero attached hydrogens (tertiary/aromatic N) is 3. The summed E-state index contributed by atoms with van der Waals surface area (Å²) in [5, 5.41) is 0. The number of benzene rings is 2. The molecule has 1 aliphatic rings. The Morgan fingerprint density at radius 2 is 1.86 bits per heavy atom. The van der Waals surface area contributed by atoms with Crippen LogP contribution in [0.4, 0.5) is 10.1 Å². The zero-order valence-electron chi connectivity index (χ0n) is 16.0. The first kappa shape index (κ1) is 18.5. The van der Waals surface area contributed by atoms with Crippen molar-refractivity contribution < 1.29 is 13.5 Å². The van der Waals surface area contributed by atoms with Crippen molar-refractivity contribution in [1.82, 2.24) is 9.88 Å². The number of anilines is 1. The van der Waals surface area contributed by atoms with Crippen LogP contribution in [0.3, 0.4) is 0 Å². The van der Waals surface area contributed by atoms with E-state index in [9.17, 15) is 4.39 Å². The van der Waals surface area contributed by atoms with Crippen LogP contribution in [-0.2, 0) is 13.2 Å². The molecule has 6 heteroatoms. The smallest absolute Gasteiger partial charge is 0.191 e. The van der Waals surface area contributed by atoms with Crippen LogP contribution in [0, 0.1) is 12.7 Å². The largest absolute Gasteiger partial charge is 0.489 e. The first-order chi connectivity index (χ1) is 13.7. The topological polar surface area (TPSA) is 41.7 Å². The average Bonchev–Trinajstić information content (AvgIpc) is 3.13. The standard InChI is InChI=1S/C22H24FN3O2/c1-17-24-14-22(28-17)15-25-9-11-26(12-10-25)20-3-2-4-21(13-20)27-16-18-5-7-19(23)8-6-18/h2-8,13-14H,9-12,15-16H2,1H3. The molecule has 3 aromatic rings. The molecule has 2 aromatic carbocycles. The van der Waals surface area contributed by atoms with Crippen LogP contribution < -0.4 is 9.64 Å². The van der Waals surface area contributed by atoms with Gasteiger partial charge in [0.05, 0.1) is 12.7 Å². The van der Waals surface area contributed by atoms with Gasteiger partial charge in [0.25, 0.3) is 0 Å². The van der Waals surface area contributed by atoms with Crippen molar-refractivity contribution in [2.45, 2.75) is 20.1 Å². The van der Waals surface area contributed by atoms with Crippen LogP contribution in [0.2, 0.25) is 0 Å². The molecule has 0 aliphatic carbocycles. The van der Waals surface area contributed by atoms with Crippen molar-refractivity contribution in [3.63, 3.8) is 0 Å². The van der Waals surface area contributed by atoms with Crippen LogP contribution in [0.15, 0.2) is 59.1 Å². The van der Waals surface area contributed by atoms with E-state index in [1.165, 1.54) is 12.1 Å². The zero-order valence-corrected chi connectivity index (χ0v) is 16.0. The lowest BCUT2D eigenvalue weighted by atomic mass is 10.2. The van der Waals surface area contributed by atoms with E-state index < -0.39 is 0 Å². The highest BCUT2D eigenvalue weighted by molar-refractivity contribution is 5.51. The molecule has 0 unspecified atom stereocenters. The Labute approximate surface area is 164 Å². The van der Waals surface area contributed by atoms with E-state index in [-0.39, 0.29) is 5.82 Å². The minimum Gasteiger partial charge on any atom is -0.489 e. The summed E-state index contributed by atoms with van der Waals surface area (Å²) in [6, 6.07) is 14.5. The van der Waals surface area contributed by atoms with Crippen LogP contribution in [0.5, 0.6) is 5.75 Å². The molecule has 146 valence electrons. The highest BCUT2D eigenvalue weighted by Gasteiger charge is 2.18. The summed E-state index contributed by atoms with van der Waals surface area (Å²) in [5.41, 5.74) is 2.11. The number of hydrogen-bond donors (Lipinski definition) is 0. The van der Waals surface area contributed by atoms with Gasteiger partial charge in [0.15, 0.2) is 5.89 Å². The molecule has 1 fully saturated rings. The monoisotopic (exact) mass is 381 g/mol. The van der Waals surface area contributed by atoms with Gasteiger partial charge in [0, 0.05) is 44.9 Å². The third kappa shape index (κ3) is 4.70. The Kier molecular flexibility index (Phi) is 5.58. The van der Waals surface area contributed by atoms with E-state index in [1.807, 2.05) is 25.3 Å². The lowest BCUT2D eigenvalue weighted by Crippen LogP contribution is -2.45. The quantitative estimate of drug-likeness (QED) is 0.645.